The summed E-state index contributed by atoms with van der Waals surface area (Å²) in [5, 5.41) is 2.80. The number of amides is 2. The molecule has 1 N–H and O–H groups in total. The van der Waals surface area contributed by atoms with Gasteiger partial charge in [0.25, 0.3) is 5.91 Å². The Kier molecular flexibility index (Phi) is 9.67. The van der Waals surface area contributed by atoms with Gasteiger partial charge in [0.05, 0.1) is 17.9 Å². The molecule has 0 saturated carbocycles. The maximum Gasteiger partial charge on any atom is 0.255 e. The van der Waals surface area contributed by atoms with Crippen LogP contribution in [0.25, 0.3) is 0 Å². The number of Topliss-reactive ketones (excluding diaryl/α,β-unsaturated/α-hetero) is 1. The molecule has 2 aliphatic heterocycles. The Balaban J connectivity index is 0.00000150. The average molecular weight is 453 g/mol. The summed E-state index contributed by atoms with van der Waals surface area (Å²) < 4.78 is 10.4. The molecule has 2 fully saturated rings. The van der Waals surface area contributed by atoms with E-state index in [-0.39, 0.29) is 64.7 Å². The number of hydrogen-bond donors (Lipinski definition) is 1. The Labute approximate surface area is 190 Å². The summed E-state index contributed by atoms with van der Waals surface area (Å²) in [5.74, 6) is -0.727. The summed E-state index contributed by atoms with van der Waals surface area (Å²) in [7, 11) is 0. The summed E-state index contributed by atoms with van der Waals surface area (Å²) in [5.41, 5.74) is 1.27. The van der Waals surface area contributed by atoms with Crippen LogP contribution in [0.3, 0.4) is 0 Å². The van der Waals surface area contributed by atoms with E-state index in [4.69, 9.17) is 9.15 Å². The van der Waals surface area contributed by atoms with Gasteiger partial charge in [-0.05, 0) is 18.1 Å². The van der Waals surface area contributed by atoms with E-state index < -0.39 is 12.1 Å². The van der Waals surface area contributed by atoms with Gasteiger partial charge in [0.15, 0.2) is 5.78 Å². The third-order valence-corrected chi connectivity index (χ3v) is 5.06. The Morgan fingerprint density at radius 2 is 1.90 bits per heavy atom. The molecule has 2 saturated heterocycles. The highest BCUT2D eigenvalue weighted by Crippen LogP contribution is 2.28. The molecular formula is C21H28N2O5S2. The molecule has 4 rings (SSSR count). The predicted molar refractivity (Wildman–Crippen MR) is 122 cm³/mol. The van der Waals surface area contributed by atoms with E-state index in [1.54, 1.807) is 11.0 Å². The second-order valence-electron chi connectivity index (χ2n) is 6.81. The maximum absolute atomic E-state index is 13.2. The molecule has 0 bridgehead atoms. The quantitative estimate of drug-likeness (QED) is 0.750. The lowest BCUT2D eigenvalue weighted by atomic mass is 10.0. The highest BCUT2D eigenvalue weighted by atomic mass is 32.1. The van der Waals surface area contributed by atoms with Crippen LogP contribution in [-0.4, -0.2) is 53.8 Å². The number of carbonyl (C=O) groups is 3. The number of rotatable bonds is 5. The van der Waals surface area contributed by atoms with Crippen LogP contribution in [0.2, 0.25) is 0 Å². The fraction of sp³-hybridized carbons (Fsp3) is 0.381. The Hall–Kier alpha value is -2.23. The number of nitrogens with one attached hydrogen (secondary N) is 1. The van der Waals surface area contributed by atoms with E-state index in [0.29, 0.717) is 24.9 Å². The van der Waals surface area contributed by atoms with Gasteiger partial charge in [-0.15, -0.1) is 0 Å². The minimum Gasteiger partial charge on any atom is -0.472 e. The first-order valence-electron chi connectivity index (χ1n) is 8.95. The average Bonchev–Trinajstić information content (AvgIpc) is 3.41. The molecule has 2 aliphatic rings. The lowest BCUT2D eigenvalue weighted by Crippen LogP contribution is -2.53. The van der Waals surface area contributed by atoms with Crippen LogP contribution in [0.15, 0.2) is 53.3 Å². The number of ketones is 1. The highest BCUT2D eigenvalue weighted by molar-refractivity contribution is 7.59. The number of carbonyl (C=O) groups excluding carboxylic acids is 3. The van der Waals surface area contributed by atoms with Crippen molar-refractivity contribution in [2.45, 2.75) is 38.5 Å². The monoisotopic (exact) mass is 452 g/mol. The van der Waals surface area contributed by atoms with E-state index in [1.807, 2.05) is 30.3 Å². The molecule has 1 aromatic heterocycles. The third-order valence-electron chi connectivity index (χ3n) is 5.06. The van der Waals surface area contributed by atoms with E-state index >= 15 is 0 Å². The number of fused-ring (bicyclic) bond motifs is 1. The van der Waals surface area contributed by atoms with Crippen LogP contribution in [0, 0.1) is 0 Å². The number of ether oxygens (including phenoxy) is 1. The van der Waals surface area contributed by atoms with E-state index in [0.717, 1.165) is 5.56 Å². The summed E-state index contributed by atoms with van der Waals surface area (Å²) >= 11 is 0. The minimum absolute atomic E-state index is 0. The normalized spacial score (nSPS) is 20.3. The van der Waals surface area contributed by atoms with Crippen molar-refractivity contribution in [2.75, 3.05) is 13.2 Å². The van der Waals surface area contributed by atoms with Crippen LogP contribution in [0.4, 0.5) is 0 Å². The number of benzene rings is 1. The van der Waals surface area contributed by atoms with Crippen LogP contribution < -0.4 is 5.32 Å². The molecule has 3 atom stereocenters. The molecule has 0 unspecified atom stereocenters. The molecule has 7 nitrogen and oxygen atoms in total. The van der Waals surface area contributed by atoms with Crippen LogP contribution in [0.5, 0.6) is 0 Å². The molecule has 0 radical (unpaired) electrons. The topological polar surface area (TPSA) is 88.9 Å². The highest BCUT2D eigenvalue weighted by Gasteiger charge is 2.48. The first kappa shape index (κ1) is 25.8. The van der Waals surface area contributed by atoms with E-state index in [2.05, 4.69) is 5.32 Å². The first-order chi connectivity index (χ1) is 13.1. The van der Waals surface area contributed by atoms with Gasteiger partial charge >= 0.3 is 0 Å². The zero-order valence-electron chi connectivity index (χ0n) is 15.7. The van der Waals surface area contributed by atoms with Gasteiger partial charge in [0, 0.05) is 13.0 Å². The van der Waals surface area contributed by atoms with Crippen molar-refractivity contribution in [1.29, 1.82) is 0 Å². The molecular weight excluding hydrogens is 424 g/mol. The fourth-order valence-electron chi connectivity index (χ4n) is 3.73. The van der Waals surface area contributed by atoms with Crippen molar-refractivity contribution in [3.8, 4) is 0 Å². The van der Waals surface area contributed by atoms with Gasteiger partial charge < -0.3 is 19.4 Å². The zero-order chi connectivity index (χ0) is 18.8. The molecule has 0 spiro atoms. The largest absolute Gasteiger partial charge is 0.472 e. The van der Waals surface area contributed by atoms with Crippen LogP contribution in [-0.2, 0) is 20.7 Å². The standard InChI is InChI=1S/C20H20N2O5.CH4.2H2S/c23-16-12-27-17-6-8-22(18(16)17)20(25)15(10-13-4-2-1-3-5-13)21-19(24)14-7-9-26-11-14;;;/h1-5,7,9,11,15,17-18H,6,8,10,12H2,(H,21,24);1H4;2*1H2/t15-,17+,18+;;;/m0.../s1. The second kappa shape index (κ2) is 11.2. The Morgan fingerprint density at radius 3 is 2.57 bits per heavy atom. The first-order valence-corrected chi connectivity index (χ1v) is 8.95. The molecule has 2 aromatic rings. The number of furan rings is 1. The van der Waals surface area contributed by atoms with Gasteiger partial charge in [0.1, 0.15) is 25.0 Å². The van der Waals surface area contributed by atoms with Crippen molar-refractivity contribution in [2.24, 2.45) is 0 Å². The smallest absolute Gasteiger partial charge is 0.255 e. The summed E-state index contributed by atoms with van der Waals surface area (Å²) in [6, 6.07) is 9.69. The fourth-order valence-corrected chi connectivity index (χ4v) is 3.73. The molecule has 2 amide bonds. The van der Waals surface area contributed by atoms with Crippen molar-refractivity contribution in [3.05, 3.63) is 60.1 Å². The lowest BCUT2D eigenvalue weighted by molar-refractivity contribution is -0.138. The SMILES string of the molecule is C.O=C(N[C@@H](Cc1ccccc1)C(=O)N1CC[C@H]2OCC(=O)[C@H]21)c1ccoc1.S.S. The van der Waals surface area contributed by atoms with Gasteiger partial charge in [0.2, 0.25) is 5.91 Å². The van der Waals surface area contributed by atoms with E-state index in [1.165, 1.54) is 12.5 Å². The van der Waals surface area contributed by atoms with Crippen molar-refractivity contribution < 1.29 is 23.5 Å². The summed E-state index contributed by atoms with van der Waals surface area (Å²) in [4.78, 5) is 39.4. The van der Waals surface area contributed by atoms with Crippen molar-refractivity contribution in [1.82, 2.24) is 10.2 Å². The predicted octanol–water partition coefficient (Wildman–Crippen LogP) is 2.05. The van der Waals surface area contributed by atoms with Gasteiger partial charge in [-0.1, -0.05) is 37.8 Å². The molecule has 3 heterocycles. The van der Waals surface area contributed by atoms with Crippen molar-refractivity contribution in [3.63, 3.8) is 0 Å². The van der Waals surface area contributed by atoms with Crippen molar-refractivity contribution >= 4 is 44.6 Å². The second-order valence-corrected chi connectivity index (χ2v) is 6.81. The Bertz CT molecular complexity index is 844. The number of nitrogens with zero attached hydrogens (tertiary/aromatic N) is 1. The number of likely N-dealkylation sites (tertiary alicyclic amines) is 1. The summed E-state index contributed by atoms with van der Waals surface area (Å²) in [6.45, 7) is 0.497. The van der Waals surface area contributed by atoms with Crippen LogP contribution in [0.1, 0.15) is 29.8 Å². The zero-order valence-corrected chi connectivity index (χ0v) is 17.7. The maximum atomic E-state index is 13.2. The third kappa shape index (κ3) is 5.27. The Morgan fingerprint density at radius 1 is 1.17 bits per heavy atom. The van der Waals surface area contributed by atoms with Gasteiger partial charge in [-0.2, -0.15) is 27.0 Å². The molecule has 9 heteroatoms. The minimum atomic E-state index is -0.776. The summed E-state index contributed by atoms with van der Waals surface area (Å²) in [6.07, 6.45) is 3.48. The van der Waals surface area contributed by atoms with Gasteiger partial charge in [-0.25, -0.2) is 0 Å². The van der Waals surface area contributed by atoms with Gasteiger partial charge in [-0.3, -0.25) is 14.4 Å². The lowest BCUT2D eigenvalue weighted by Gasteiger charge is -2.27. The van der Waals surface area contributed by atoms with Crippen LogP contribution >= 0.6 is 27.0 Å². The molecule has 30 heavy (non-hydrogen) atoms. The van der Waals surface area contributed by atoms with E-state index in [9.17, 15) is 14.4 Å². The number of hydrogen-bond acceptors (Lipinski definition) is 5. The molecule has 1 aromatic carbocycles. The molecule has 164 valence electrons. The molecule has 0 aliphatic carbocycles.